The number of carbonyl (C=O) groups is 1. The molecule has 1 spiro atoms. The highest BCUT2D eigenvalue weighted by molar-refractivity contribution is 7.09. The highest BCUT2D eigenvalue weighted by Gasteiger charge is 2.48. The van der Waals surface area contributed by atoms with Crippen LogP contribution in [-0.2, 0) is 4.74 Å². The van der Waals surface area contributed by atoms with E-state index in [1.165, 1.54) is 11.5 Å². The molecule has 0 N–H and O–H groups in total. The van der Waals surface area contributed by atoms with Crippen molar-refractivity contribution < 1.29 is 9.53 Å². The van der Waals surface area contributed by atoms with Crippen molar-refractivity contribution in [3.05, 3.63) is 48.3 Å². The lowest BCUT2D eigenvalue weighted by molar-refractivity contribution is 0.0445. The number of carbonyl (C=O) groups excluding carboxylic acids is 1. The van der Waals surface area contributed by atoms with Gasteiger partial charge in [-0.3, -0.25) is 4.90 Å². The van der Waals surface area contributed by atoms with E-state index in [0.717, 1.165) is 41.7 Å². The van der Waals surface area contributed by atoms with E-state index in [4.69, 9.17) is 4.74 Å². The molecule has 148 valence electrons. The first-order valence-corrected chi connectivity index (χ1v) is 10.3. The lowest BCUT2D eigenvalue weighted by Crippen LogP contribution is -2.51. The second kappa shape index (κ2) is 7.07. The van der Waals surface area contributed by atoms with Gasteiger partial charge in [0.15, 0.2) is 10.8 Å². The molecule has 2 fully saturated rings. The van der Waals surface area contributed by atoms with E-state index in [9.17, 15) is 4.79 Å². The van der Waals surface area contributed by atoms with Crippen molar-refractivity contribution >= 4 is 29.1 Å². The first-order chi connectivity index (χ1) is 14.1. The van der Waals surface area contributed by atoms with E-state index in [1.54, 1.807) is 4.90 Å². The van der Waals surface area contributed by atoms with Gasteiger partial charge in [0.25, 0.3) is 0 Å². The Hall–Kier alpha value is -3.07. The fourth-order valence-electron chi connectivity index (χ4n) is 3.94. The summed E-state index contributed by atoms with van der Waals surface area (Å²) < 4.78 is 10.1. The highest BCUT2D eigenvalue weighted by atomic mass is 32.1. The second-order valence-electron chi connectivity index (χ2n) is 7.42. The zero-order chi connectivity index (χ0) is 19.8. The predicted octanol–water partition coefficient (Wildman–Crippen LogP) is 3.30. The van der Waals surface area contributed by atoms with E-state index >= 15 is 0 Å². The Bertz CT molecular complexity index is 1020. The quantitative estimate of drug-likeness (QED) is 0.657. The number of rotatable bonds is 3. The van der Waals surface area contributed by atoms with E-state index in [2.05, 4.69) is 24.5 Å². The summed E-state index contributed by atoms with van der Waals surface area (Å²) in [4.78, 5) is 20.8. The zero-order valence-corrected chi connectivity index (χ0v) is 16.8. The van der Waals surface area contributed by atoms with Gasteiger partial charge in [0.1, 0.15) is 17.1 Å². The molecule has 5 rings (SSSR count). The molecule has 1 atom stereocenters. The van der Waals surface area contributed by atoms with Crippen LogP contribution >= 0.6 is 11.5 Å². The maximum Gasteiger partial charge on any atom is 0.415 e. The van der Waals surface area contributed by atoms with Crippen LogP contribution in [0, 0.1) is 6.92 Å². The largest absolute Gasteiger partial charge is 0.439 e. The summed E-state index contributed by atoms with van der Waals surface area (Å²) in [7, 11) is 0. The number of nitrogens with zero attached hydrogens (tertiary/aromatic N) is 6. The molecule has 1 unspecified atom stereocenters. The Morgan fingerprint density at radius 3 is 2.69 bits per heavy atom. The van der Waals surface area contributed by atoms with E-state index in [0.29, 0.717) is 18.8 Å². The molecule has 2 aliphatic heterocycles. The highest BCUT2D eigenvalue weighted by Crippen LogP contribution is 2.35. The maximum atomic E-state index is 12.5. The fourth-order valence-corrected chi connectivity index (χ4v) is 4.58. The SMILES string of the molecule is Cc1nsc(-c2ccc(N3CCCC4(C3)CN(c3ccccc3)C(=O)O4)nn2)n1. The second-order valence-corrected chi connectivity index (χ2v) is 8.17. The van der Waals surface area contributed by atoms with Crippen LogP contribution in [0.1, 0.15) is 18.7 Å². The summed E-state index contributed by atoms with van der Waals surface area (Å²) >= 11 is 1.32. The van der Waals surface area contributed by atoms with Gasteiger partial charge in [0.05, 0.1) is 13.1 Å². The first kappa shape index (κ1) is 18.0. The van der Waals surface area contributed by atoms with Crippen LogP contribution < -0.4 is 9.80 Å². The van der Waals surface area contributed by atoms with Gasteiger partial charge in [-0.1, -0.05) is 18.2 Å². The third kappa shape index (κ3) is 3.42. The molecular weight excluding hydrogens is 388 g/mol. The lowest BCUT2D eigenvalue weighted by Gasteiger charge is -2.38. The summed E-state index contributed by atoms with van der Waals surface area (Å²) in [5.74, 6) is 1.52. The molecule has 2 aromatic heterocycles. The van der Waals surface area contributed by atoms with Crippen LogP contribution in [-0.4, -0.2) is 50.9 Å². The van der Waals surface area contributed by atoms with Crippen molar-refractivity contribution in [1.82, 2.24) is 19.6 Å². The van der Waals surface area contributed by atoms with Crippen molar-refractivity contribution in [2.75, 3.05) is 29.4 Å². The molecule has 2 saturated heterocycles. The number of para-hydroxylation sites is 1. The smallest absolute Gasteiger partial charge is 0.415 e. The minimum absolute atomic E-state index is 0.286. The molecule has 0 bridgehead atoms. The van der Waals surface area contributed by atoms with Crippen LogP contribution in [0.4, 0.5) is 16.3 Å². The molecular formula is C20H20N6O2S. The summed E-state index contributed by atoms with van der Waals surface area (Å²) in [6, 6.07) is 13.5. The zero-order valence-electron chi connectivity index (χ0n) is 16.0. The van der Waals surface area contributed by atoms with Crippen LogP contribution in [0.3, 0.4) is 0 Å². The molecule has 0 radical (unpaired) electrons. The molecule has 9 heteroatoms. The number of hydrogen-bond donors (Lipinski definition) is 0. The third-order valence-electron chi connectivity index (χ3n) is 5.30. The van der Waals surface area contributed by atoms with Crippen molar-refractivity contribution in [1.29, 1.82) is 0 Å². The Kier molecular flexibility index (Phi) is 4.39. The van der Waals surface area contributed by atoms with Crippen molar-refractivity contribution in [2.24, 2.45) is 0 Å². The molecule has 8 nitrogen and oxygen atoms in total. The fraction of sp³-hybridized carbons (Fsp3) is 0.350. The number of ether oxygens (including phenoxy) is 1. The molecule has 1 aromatic carbocycles. The molecule has 29 heavy (non-hydrogen) atoms. The van der Waals surface area contributed by atoms with Gasteiger partial charge in [-0.05, 0) is 55.6 Å². The average molecular weight is 408 g/mol. The number of aryl methyl sites for hydroxylation is 1. The average Bonchev–Trinajstić information content (AvgIpc) is 3.32. The lowest BCUT2D eigenvalue weighted by atomic mass is 9.92. The standard InChI is InChI=1S/C20H20N6O2S/c1-14-21-18(29-24-14)16-8-9-17(23-22-16)25-11-5-10-20(12-25)13-26(19(27)28-20)15-6-3-2-4-7-15/h2-4,6-9H,5,10-13H2,1H3. The molecule has 1 amide bonds. The normalized spacial score (nSPS) is 21.6. The number of piperidine rings is 1. The van der Waals surface area contributed by atoms with Crippen molar-refractivity contribution in [3.63, 3.8) is 0 Å². The van der Waals surface area contributed by atoms with Crippen LogP contribution in [0.25, 0.3) is 10.7 Å². The molecule has 0 aliphatic carbocycles. The van der Waals surface area contributed by atoms with Gasteiger partial charge in [-0.25, -0.2) is 9.78 Å². The van der Waals surface area contributed by atoms with Crippen LogP contribution in [0.5, 0.6) is 0 Å². The third-order valence-corrected chi connectivity index (χ3v) is 6.13. The molecule has 2 aliphatic rings. The molecule has 0 saturated carbocycles. The number of aromatic nitrogens is 4. The topological polar surface area (TPSA) is 84.3 Å². The summed E-state index contributed by atoms with van der Waals surface area (Å²) in [6.45, 7) is 3.86. The Balaban J connectivity index is 1.34. The number of benzene rings is 1. The molecule has 3 aromatic rings. The minimum atomic E-state index is -0.526. The van der Waals surface area contributed by atoms with Crippen molar-refractivity contribution in [2.45, 2.75) is 25.4 Å². The number of hydrogen-bond acceptors (Lipinski definition) is 8. The summed E-state index contributed by atoms with van der Waals surface area (Å²) in [6.07, 6.45) is 1.48. The van der Waals surface area contributed by atoms with Crippen LogP contribution in [0.15, 0.2) is 42.5 Å². The van der Waals surface area contributed by atoms with Gasteiger partial charge < -0.3 is 9.64 Å². The Morgan fingerprint density at radius 2 is 1.97 bits per heavy atom. The Morgan fingerprint density at radius 1 is 1.10 bits per heavy atom. The summed E-state index contributed by atoms with van der Waals surface area (Å²) in [5.41, 5.74) is 1.05. The number of amides is 1. The maximum absolute atomic E-state index is 12.5. The van der Waals surface area contributed by atoms with Crippen molar-refractivity contribution in [3.8, 4) is 10.7 Å². The van der Waals surface area contributed by atoms with E-state index in [-0.39, 0.29) is 6.09 Å². The van der Waals surface area contributed by atoms with E-state index in [1.807, 2.05) is 49.4 Å². The minimum Gasteiger partial charge on any atom is -0.439 e. The molecule has 4 heterocycles. The van der Waals surface area contributed by atoms with Gasteiger partial charge in [-0.15, -0.1) is 10.2 Å². The van der Waals surface area contributed by atoms with Crippen LogP contribution in [0.2, 0.25) is 0 Å². The summed E-state index contributed by atoms with van der Waals surface area (Å²) in [5, 5.41) is 9.49. The Labute approximate surface area is 172 Å². The monoisotopic (exact) mass is 408 g/mol. The van der Waals surface area contributed by atoms with E-state index < -0.39 is 5.60 Å². The number of anilines is 2. The van der Waals surface area contributed by atoms with Gasteiger partial charge in [-0.2, -0.15) is 4.37 Å². The van der Waals surface area contributed by atoms with Gasteiger partial charge in [0, 0.05) is 12.2 Å². The van der Waals surface area contributed by atoms with Gasteiger partial charge >= 0.3 is 6.09 Å². The predicted molar refractivity (Wildman–Crippen MR) is 110 cm³/mol. The first-order valence-electron chi connectivity index (χ1n) is 9.57. The van der Waals surface area contributed by atoms with Gasteiger partial charge in [0.2, 0.25) is 0 Å².